The molecule has 2 aromatic rings. The van der Waals surface area contributed by atoms with Crippen LogP contribution in [0.2, 0.25) is 0 Å². The van der Waals surface area contributed by atoms with Crippen LogP contribution in [0.4, 0.5) is 0 Å². The molecule has 1 N–H and O–H groups in total. The van der Waals surface area contributed by atoms with E-state index in [0.29, 0.717) is 38.2 Å². The minimum absolute atomic E-state index is 0.0456. The Labute approximate surface area is 135 Å². The van der Waals surface area contributed by atoms with Crippen LogP contribution in [0.15, 0.2) is 48.7 Å². The van der Waals surface area contributed by atoms with Crippen LogP contribution in [-0.2, 0) is 11.2 Å². The Hall–Kier alpha value is -2.56. The predicted molar refractivity (Wildman–Crippen MR) is 88.0 cm³/mol. The first-order chi connectivity index (χ1) is 11.2. The second-order valence-electron chi connectivity index (χ2n) is 5.76. The third-order valence-corrected chi connectivity index (χ3v) is 4.16. The quantitative estimate of drug-likeness (QED) is 0.941. The smallest absolute Gasteiger partial charge is 0.253 e. The molecule has 120 valence electrons. The summed E-state index contributed by atoms with van der Waals surface area (Å²) < 4.78 is 0. The van der Waals surface area contributed by atoms with Crippen molar-refractivity contribution in [1.82, 2.24) is 14.8 Å². The standard InChI is InChI=1S/C18H21N3O2/c22-17(14-16-8-4-9-19-16)20-10-5-11-21(13-12-20)18(23)15-6-2-1-3-7-15/h1-4,6-9,19H,5,10-14H2. The van der Waals surface area contributed by atoms with Gasteiger partial charge in [0, 0.05) is 43.6 Å². The third kappa shape index (κ3) is 3.80. The first-order valence-corrected chi connectivity index (χ1v) is 7.98. The lowest BCUT2D eigenvalue weighted by Crippen LogP contribution is -2.38. The second kappa shape index (κ2) is 7.13. The lowest BCUT2D eigenvalue weighted by molar-refractivity contribution is -0.130. The number of nitrogens with one attached hydrogen (secondary N) is 1. The van der Waals surface area contributed by atoms with Gasteiger partial charge in [-0.15, -0.1) is 0 Å². The van der Waals surface area contributed by atoms with Crippen LogP contribution in [-0.4, -0.2) is 52.8 Å². The van der Waals surface area contributed by atoms with Crippen molar-refractivity contribution in [2.24, 2.45) is 0 Å². The number of carbonyl (C=O) groups excluding carboxylic acids is 2. The highest BCUT2D eigenvalue weighted by molar-refractivity contribution is 5.94. The van der Waals surface area contributed by atoms with Crippen LogP contribution < -0.4 is 0 Å². The number of amides is 2. The van der Waals surface area contributed by atoms with Gasteiger partial charge in [0.25, 0.3) is 5.91 Å². The number of H-pyrrole nitrogens is 1. The van der Waals surface area contributed by atoms with Crippen molar-refractivity contribution < 1.29 is 9.59 Å². The van der Waals surface area contributed by atoms with Crippen LogP contribution in [0.3, 0.4) is 0 Å². The van der Waals surface area contributed by atoms with Gasteiger partial charge in [0.15, 0.2) is 0 Å². The summed E-state index contributed by atoms with van der Waals surface area (Å²) in [6.45, 7) is 2.58. The van der Waals surface area contributed by atoms with Gasteiger partial charge < -0.3 is 14.8 Å². The first-order valence-electron chi connectivity index (χ1n) is 7.98. The third-order valence-electron chi connectivity index (χ3n) is 4.16. The molecular weight excluding hydrogens is 290 g/mol. The number of aromatic nitrogens is 1. The second-order valence-corrected chi connectivity index (χ2v) is 5.76. The Bertz CT molecular complexity index is 652. The average molecular weight is 311 g/mol. The molecular formula is C18H21N3O2. The fourth-order valence-electron chi connectivity index (χ4n) is 2.89. The molecule has 5 nitrogen and oxygen atoms in total. The molecule has 0 spiro atoms. The lowest BCUT2D eigenvalue weighted by atomic mass is 10.2. The fourth-order valence-corrected chi connectivity index (χ4v) is 2.89. The normalized spacial score (nSPS) is 15.3. The van der Waals surface area contributed by atoms with Crippen LogP contribution >= 0.6 is 0 Å². The summed E-state index contributed by atoms with van der Waals surface area (Å²) in [6, 6.07) is 13.1. The summed E-state index contributed by atoms with van der Waals surface area (Å²) in [4.78, 5) is 31.6. The predicted octanol–water partition coefficient (Wildman–Crippen LogP) is 1.93. The molecule has 3 rings (SSSR count). The Kier molecular flexibility index (Phi) is 4.76. The van der Waals surface area contributed by atoms with Crippen molar-refractivity contribution in [3.05, 3.63) is 59.9 Å². The first kappa shape index (κ1) is 15.3. The molecule has 1 aromatic heterocycles. The summed E-state index contributed by atoms with van der Waals surface area (Å²) in [7, 11) is 0. The van der Waals surface area contributed by atoms with Gasteiger partial charge in [0.1, 0.15) is 0 Å². The van der Waals surface area contributed by atoms with Gasteiger partial charge in [-0.2, -0.15) is 0 Å². The molecule has 1 aromatic carbocycles. The Morgan fingerprint density at radius 2 is 1.65 bits per heavy atom. The highest BCUT2D eigenvalue weighted by atomic mass is 16.2. The van der Waals surface area contributed by atoms with E-state index < -0.39 is 0 Å². The SMILES string of the molecule is O=C(Cc1ccc[nH]1)N1CCCN(C(=O)c2ccccc2)CC1. The van der Waals surface area contributed by atoms with E-state index in [2.05, 4.69) is 4.98 Å². The number of nitrogens with zero attached hydrogens (tertiary/aromatic N) is 2. The lowest BCUT2D eigenvalue weighted by Gasteiger charge is -2.22. The number of hydrogen-bond donors (Lipinski definition) is 1. The number of aromatic amines is 1. The van der Waals surface area contributed by atoms with Crippen molar-refractivity contribution in [2.75, 3.05) is 26.2 Å². The van der Waals surface area contributed by atoms with Crippen LogP contribution in [0.1, 0.15) is 22.5 Å². The van der Waals surface area contributed by atoms with Crippen LogP contribution in [0.25, 0.3) is 0 Å². The highest BCUT2D eigenvalue weighted by Gasteiger charge is 2.22. The molecule has 0 atom stereocenters. The van der Waals surface area contributed by atoms with E-state index in [-0.39, 0.29) is 11.8 Å². The molecule has 1 fully saturated rings. The molecule has 5 heteroatoms. The van der Waals surface area contributed by atoms with Gasteiger partial charge in [-0.1, -0.05) is 18.2 Å². The van der Waals surface area contributed by atoms with Gasteiger partial charge in [0.05, 0.1) is 6.42 Å². The number of benzene rings is 1. The van der Waals surface area contributed by atoms with E-state index in [0.717, 1.165) is 12.1 Å². The minimum atomic E-state index is 0.0456. The fraction of sp³-hybridized carbons (Fsp3) is 0.333. The molecule has 0 bridgehead atoms. The van der Waals surface area contributed by atoms with Gasteiger partial charge in [-0.05, 0) is 30.7 Å². The molecule has 0 unspecified atom stereocenters. The molecule has 1 aliphatic heterocycles. The van der Waals surface area contributed by atoms with E-state index in [1.807, 2.05) is 58.5 Å². The van der Waals surface area contributed by atoms with E-state index in [9.17, 15) is 9.59 Å². The Balaban J connectivity index is 1.59. The largest absolute Gasteiger partial charge is 0.365 e. The van der Waals surface area contributed by atoms with Gasteiger partial charge in [0.2, 0.25) is 5.91 Å². The van der Waals surface area contributed by atoms with Crippen molar-refractivity contribution in [3.8, 4) is 0 Å². The van der Waals surface area contributed by atoms with E-state index in [1.165, 1.54) is 0 Å². The van der Waals surface area contributed by atoms with Crippen LogP contribution in [0, 0.1) is 0 Å². The van der Waals surface area contributed by atoms with Gasteiger partial charge >= 0.3 is 0 Å². The molecule has 1 saturated heterocycles. The molecule has 2 heterocycles. The molecule has 1 aliphatic rings. The minimum Gasteiger partial charge on any atom is -0.365 e. The zero-order chi connectivity index (χ0) is 16.1. The van der Waals surface area contributed by atoms with Crippen molar-refractivity contribution in [3.63, 3.8) is 0 Å². The maximum atomic E-state index is 12.5. The molecule has 23 heavy (non-hydrogen) atoms. The maximum absolute atomic E-state index is 12.5. The van der Waals surface area contributed by atoms with Crippen molar-refractivity contribution in [1.29, 1.82) is 0 Å². The van der Waals surface area contributed by atoms with E-state index >= 15 is 0 Å². The molecule has 0 radical (unpaired) electrons. The summed E-state index contributed by atoms with van der Waals surface area (Å²) >= 11 is 0. The van der Waals surface area contributed by atoms with Gasteiger partial charge in [-0.3, -0.25) is 9.59 Å². The zero-order valence-corrected chi connectivity index (χ0v) is 13.1. The van der Waals surface area contributed by atoms with E-state index in [4.69, 9.17) is 0 Å². The zero-order valence-electron chi connectivity index (χ0n) is 13.1. The summed E-state index contributed by atoms with van der Waals surface area (Å²) in [6.07, 6.45) is 3.03. The van der Waals surface area contributed by atoms with Crippen LogP contribution in [0.5, 0.6) is 0 Å². The summed E-state index contributed by atoms with van der Waals surface area (Å²) in [5.74, 6) is 0.158. The van der Waals surface area contributed by atoms with Crippen molar-refractivity contribution >= 4 is 11.8 Å². The van der Waals surface area contributed by atoms with Crippen molar-refractivity contribution in [2.45, 2.75) is 12.8 Å². The highest BCUT2D eigenvalue weighted by Crippen LogP contribution is 2.10. The number of rotatable bonds is 3. The monoisotopic (exact) mass is 311 g/mol. The molecule has 0 saturated carbocycles. The molecule has 2 amide bonds. The number of hydrogen-bond acceptors (Lipinski definition) is 2. The summed E-state index contributed by atoms with van der Waals surface area (Å²) in [5, 5.41) is 0. The Morgan fingerprint density at radius 1 is 0.913 bits per heavy atom. The topological polar surface area (TPSA) is 56.4 Å². The Morgan fingerprint density at radius 3 is 2.39 bits per heavy atom. The summed E-state index contributed by atoms with van der Waals surface area (Å²) in [5.41, 5.74) is 1.63. The molecule has 0 aliphatic carbocycles. The number of carbonyl (C=O) groups is 2. The van der Waals surface area contributed by atoms with Gasteiger partial charge in [-0.25, -0.2) is 0 Å². The maximum Gasteiger partial charge on any atom is 0.253 e. The average Bonchev–Trinajstić information content (AvgIpc) is 2.96. The van der Waals surface area contributed by atoms with E-state index in [1.54, 1.807) is 0 Å².